The lowest BCUT2D eigenvalue weighted by Gasteiger charge is -2.24. The van der Waals surface area contributed by atoms with Gasteiger partial charge in [0.15, 0.2) is 5.96 Å². The third-order valence-electron chi connectivity index (χ3n) is 5.77. The van der Waals surface area contributed by atoms with E-state index in [1.54, 1.807) is 19.2 Å². The zero-order valence-corrected chi connectivity index (χ0v) is 20.4. The van der Waals surface area contributed by atoms with Crippen molar-refractivity contribution in [1.29, 1.82) is 0 Å². The van der Waals surface area contributed by atoms with E-state index in [0.717, 1.165) is 53.4 Å². The van der Waals surface area contributed by atoms with Crippen molar-refractivity contribution in [2.45, 2.75) is 32.2 Å². The maximum Gasteiger partial charge on any atom is 0.227 e. The first-order valence-electron chi connectivity index (χ1n) is 10.7. The Labute approximate surface area is 204 Å². The second-order valence-electron chi connectivity index (χ2n) is 7.92. The number of fused-ring (bicyclic) bond motifs is 1. The van der Waals surface area contributed by atoms with E-state index in [1.165, 1.54) is 6.07 Å². The van der Waals surface area contributed by atoms with Gasteiger partial charge < -0.3 is 20.9 Å². The molecular formula is C24H29FIN5O. The number of guanidine groups is 1. The van der Waals surface area contributed by atoms with Crippen LogP contribution >= 0.6 is 24.0 Å². The van der Waals surface area contributed by atoms with Crippen molar-refractivity contribution in [3.05, 3.63) is 65.6 Å². The molecule has 0 aliphatic heterocycles. The summed E-state index contributed by atoms with van der Waals surface area (Å²) in [5.74, 6) is 0.740. The summed E-state index contributed by atoms with van der Waals surface area (Å²) in [5, 5.41) is 10.5. The van der Waals surface area contributed by atoms with Gasteiger partial charge in [-0.3, -0.25) is 9.79 Å². The minimum absolute atomic E-state index is 0. The Kier molecular flexibility index (Phi) is 8.49. The van der Waals surface area contributed by atoms with Crippen molar-refractivity contribution in [1.82, 2.24) is 15.6 Å². The van der Waals surface area contributed by atoms with Gasteiger partial charge in [-0.15, -0.1) is 24.0 Å². The van der Waals surface area contributed by atoms with Crippen LogP contribution in [0.3, 0.4) is 0 Å². The number of hydrogen-bond donors (Lipinski definition) is 4. The quantitative estimate of drug-likeness (QED) is 0.198. The molecule has 4 N–H and O–H groups in total. The van der Waals surface area contributed by atoms with Crippen molar-refractivity contribution in [3.8, 4) is 0 Å². The monoisotopic (exact) mass is 549 g/mol. The highest BCUT2D eigenvalue weighted by atomic mass is 127. The molecule has 2 aromatic carbocycles. The summed E-state index contributed by atoms with van der Waals surface area (Å²) in [4.78, 5) is 19.6. The average molecular weight is 549 g/mol. The lowest BCUT2D eigenvalue weighted by Crippen LogP contribution is -2.37. The van der Waals surface area contributed by atoms with E-state index in [4.69, 9.17) is 0 Å². The highest BCUT2D eigenvalue weighted by Gasteiger charge is 2.25. The van der Waals surface area contributed by atoms with Crippen LogP contribution in [-0.2, 0) is 17.8 Å². The largest absolute Gasteiger partial charge is 0.361 e. The number of nitrogens with one attached hydrogen (secondary N) is 4. The highest BCUT2D eigenvalue weighted by Crippen LogP contribution is 2.27. The molecule has 32 heavy (non-hydrogen) atoms. The van der Waals surface area contributed by atoms with Gasteiger partial charge in [0.25, 0.3) is 0 Å². The van der Waals surface area contributed by atoms with Crippen LogP contribution < -0.4 is 16.0 Å². The molecule has 1 aliphatic carbocycles. The zero-order chi connectivity index (χ0) is 21.6. The fourth-order valence-corrected chi connectivity index (χ4v) is 3.75. The van der Waals surface area contributed by atoms with Gasteiger partial charge in [-0.1, -0.05) is 18.6 Å². The summed E-state index contributed by atoms with van der Waals surface area (Å²) >= 11 is 0. The Balaban J connectivity index is 0.00000289. The van der Waals surface area contributed by atoms with E-state index in [9.17, 15) is 9.18 Å². The topological polar surface area (TPSA) is 81.3 Å². The Morgan fingerprint density at radius 3 is 2.78 bits per heavy atom. The van der Waals surface area contributed by atoms with Crippen molar-refractivity contribution < 1.29 is 9.18 Å². The number of benzene rings is 2. The molecule has 0 unspecified atom stereocenters. The van der Waals surface area contributed by atoms with Crippen LogP contribution in [-0.4, -0.2) is 30.4 Å². The number of halogens is 2. The number of amides is 1. The number of rotatable bonds is 7. The predicted octanol–water partition coefficient (Wildman–Crippen LogP) is 4.57. The lowest BCUT2D eigenvalue weighted by molar-refractivity contribution is -0.122. The number of aliphatic imine (C=N–C) groups is 1. The van der Waals surface area contributed by atoms with Gasteiger partial charge in [0.1, 0.15) is 5.82 Å². The number of aromatic nitrogens is 1. The summed E-state index contributed by atoms with van der Waals surface area (Å²) in [6, 6.07) is 12.6. The van der Waals surface area contributed by atoms with E-state index >= 15 is 0 Å². The molecule has 3 aromatic rings. The third kappa shape index (κ3) is 5.99. The van der Waals surface area contributed by atoms with Crippen LogP contribution in [0.4, 0.5) is 10.1 Å². The van der Waals surface area contributed by atoms with Crippen molar-refractivity contribution in [2.24, 2.45) is 10.9 Å². The Morgan fingerprint density at radius 2 is 2.03 bits per heavy atom. The van der Waals surface area contributed by atoms with Crippen molar-refractivity contribution in [2.75, 3.05) is 18.9 Å². The van der Waals surface area contributed by atoms with Crippen molar-refractivity contribution in [3.63, 3.8) is 0 Å². The van der Waals surface area contributed by atoms with Crippen LogP contribution in [0.25, 0.3) is 10.9 Å². The molecule has 0 radical (unpaired) electrons. The molecule has 1 amide bonds. The number of hydrogen-bond acceptors (Lipinski definition) is 2. The standard InChI is InChI=1S/C24H28FN5O.HI/c1-26-24(27-11-10-18-15-28-22-9-8-19(25)13-21(18)22)29-14-16-4-2-7-20(12-16)30-23(31)17-5-3-6-17;/h2,4,7-9,12-13,15,17,28H,3,5-6,10-11,14H2,1H3,(H,30,31)(H2,26,27,29);1H. The number of aromatic amines is 1. The van der Waals surface area contributed by atoms with Gasteiger partial charge in [-0.2, -0.15) is 0 Å². The SMILES string of the molecule is CN=C(NCCc1c[nH]c2ccc(F)cc12)NCc1cccc(NC(=O)C2CCC2)c1.I. The number of carbonyl (C=O) groups excluding carboxylic acids is 1. The maximum absolute atomic E-state index is 13.5. The molecule has 1 heterocycles. The van der Waals surface area contributed by atoms with E-state index < -0.39 is 0 Å². The van der Waals surface area contributed by atoms with E-state index in [2.05, 4.69) is 25.9 Å². The minimum Gasteiger partial charge on any atom is -0.361 e. The van der Waals surface area contributed by atoms with Gasteiger partial charge in [0, 0.05) is 48.8 Å². The molecule has 1 fully saturated rings. The Morgan fingerprint density at radius 1 is 1.19 bits per heavy atom. The first-order valence-corrected chi connectivity index (χ1v) is 10.7. The number of nitrogens with zero attached hydrogens (tertiary/aromatic N) is 1. The van der Waals surface area contributed by atoms with E-state index in [1.807, 2.05) is 30.5 Å². The fraction of sp³-hybridized carbons (Fsp3) is 0.333. The van der Waals surface area contributed by atoms with Crippen molar-refractivity contribution >= 4 is 52.4 Å². The van der Waals surface area contributed by atoms with Crippen LogP contribution in [0.5, 0.6) is 0 Å². The van der Waals surface area contributed by atoms with Gasteiger partial charge >= 0.3 is 0 Å². The van der Waals surface area contributed by atoms with Crippen LogP contribution in [0.2, 0.25) is 0 Å². The summed E-state index contributed by atoms with van der Waals surface area (Å²) in [7, 11) is 1.73. The molecule has 1 aromatic heterocycles. The second-order valence-corrected chi connectivity index (χ2v) is 7.92. The first kappa shape index (κ1) is 24.0. The van der Waals surface area contributed by atoms with E-state index in [0.29, 0.717) is 19.0 Å². The molecule has 0 saturated heterocycles. The van der Waals surface area contributed by atoms with Gasteiger partial charge in [-0.25, -0.2) is 4.39 Å². The molecular weight excluding hydrogens is 520 g/mol. The molecule has 8 heteroatoms. The Hall–Kier alpha value is -2.62. The van der Waals surface area contributed by atoms with Crippen LogP contribution in [0.1, 0.15) is 30.4 Å². The first-order chi connectivity index (χ1) is 15.1. The summed E-state index contributed by atoms with van der Waals surface area (Å²) in [5.41, 5.74) is 3.88. The van der Waals surface area contributed by atoms with Gasteiger partial charge in [0.05, 0.1) is 0 Å². The summed E-state index contributed by atoms with van der Waals surface area (Å²) in [6.45, 7) is 1.26. The lowest BCUT2D eigenvalue weighted by atomic mass is 9.85. The molecule has 170 valence electrons. The fourth-order valence-electron chi connectivity index (χ4n) is 3.75. The predicted molar refractivity (Wildman–Crippen MR) is 138 cm³/mol. The normalized spacial score (nSPS) is 13.9. The van der Waals surface area contributed by atoms with Gasteiger partial charge in [-0.05, 0) is 60.7 Å². The smallest absolute Gasteiger partial charge is 0.227 e. The number of H-pyrrole nitrogens is 1. The third-order valence-corrected chi connectivity index (χ3v) is 5.77. The maximum atomic E-state index is 13.5. The molecule has 0 spiro atoms. The second kappa shape index (κ2) is 11.3. The summed E-state index contributed by atoms with van der Waals surface area (Å²) in [6.07, 6.45) is 5.79. The minimum atomic E-state index is -0.232. The average Bonchev–Trinajstić information content (AvgIpc) is 3.11. The van der Waals surface area contributed by atoms with Gasteiger partial charge in [0.2, 0.25) is 5.91 Å². The number of anilines is 1. The van der Waals surface area contributed by atoms with Crippen LogP contribution in [0, 0.1) is 11.7 Å². The molecule has 6 nitrogen and oxygen atoms in total. The van der Waals surface area contributed by atoms with Crippen LogP contribution in [0.15, 0.2) is 53.7 Å². The molecule has 0 bridgehead atoms. The highest BCUT2D eigenvalue weighted by molar-refractivity contribution is 14.0. The van der Waals surface area contributed by atoms with E-state index in [-0.39, 0.29) is 41.6 Å². The zero-order valence-electron chi connectivity index (χ0n) is 18.1. The molecule has 0 atom stereocenters. The molecule has 4 rings (SSSR count). The Bertz CT molecular complexity index is 1090. The number of carbonyl (C=O) groups is 1. The summed E-state index contributed by atoms with van der Waals surface area (Å²) < 4.78 is 13.5. The molecule has 1 aliphatic rings. The molecule has 1 saturated carbocycles.